The van der Waals surface area contributed by atoms with Crippen molar-refractivity contribution in [1.29, 1.82) is 0 Å². The van der Waals surface area contributed by atoms with Gasteiger partial charge in [-0.3, -0.25) is 9.59 Å². The van der Waals surface area contributed by atoms with Crippen molar-refractivity contribution in [2.75, 3.05) is 20.8 Å². The molecule has 0 amide bonds. The Hall–Kier alpha value is -1.62. The average molecular weight is 254 g/mol. The summed E-state index contributed by atoms with van der Waals surface area (Å²) >= 11 is 0. The van der Waals surface area contributed by atoms with Gasteiger partial charge in [-0.1, -0.05) is 17.7 Å². The monoisotopic (exact) mass is 254 g/mol. The Morgan fingerprint density at radius 2 is 1.94 bits per heavy atom. The highest BCUT2D eigenvalue weighted by Gasteiger charge is 2.50. The second-order valence-corrected chi connectivity index (χ2v) is 4.37. The number of methoxy groups -OCH3 is 2. The lowest BCUT2D eigenvalue weighted by molar-refractivity contribution is -0.168. The number of carbonyl (C=O) groups excluding carboxylic acids is 2. The summed E-state index contributed by atoms with van der Waals surface area (Å²) in [5.41, 5.74) is 0.328. The van der Waals surface area contributed by atoms with Gasteiger partial charge in [0.2, 0.25) is 0 Å². The first-order chi connectivity index (χ1) is 8.50. The minimum absolute atomic E-state index is 0.0548. The smallest absolute Gasteiger partial charge is 0.323 e. The van der Waals surface area contributed by atoms with E-state index in [0.29, 0.717) is 0 Å². The summed E-state index contributed by atoms with van der Waals surface area (Å²) in [6, 6.07) is 0. The molecule has 0 radical (unpaired) electrons. The number of ether oxygens (including phenoxy) is 2. The normalized spacial score (nSPS) is 18.2. The third kappa shape index (κ3) is 2.61. The highest BCUT2D eigenvalue weighted by molar-refractivity contribution is 6.01. The summed E-state index contributed by atoms with van der Waals surface area (Å²) < 4.78 is 9.39. The molecule has 1 rings (SSSR count). The van der Waals surface area contributed by atoms with Gasteiger partial charge in [0.25, 0.3) is 0 Å². The van der Waals surface area contributed by atoms with Crippen LogP contribution in [0.5, 0.6) is 0 Å². The van der Waals surface area contributed by atoms with E-state index in [4.69, 9.17) is 14.6 Å². The summed E-state index contributed by atoms with van der Waals surface area (Å²) in [6.45, 7) is 1.72. The van der Waals surface area contributed by atoms with Crippen LogP contribution >= 0.6 is 0 Å². The lowest BCUT2D eigenvalue weighted by Gasteiger charge is -2.22. The molecule has 0 bridgehead atoms. The quantitative estimate of drug-likeness (QED) is 0.598. The Morgan fingerprint density at radius 1 is 1.39 bits per heavy atom. The van der Waals surface area contributed by atoms with Crippen LogP contribution in [0, 0.1) is 5.41 Å². The van der Waals surface area contributed by atoms with Gasteiger partial charge in [0.05, 0.1) is 20.8 Å². The standard InChI is InChI=1S/C13H18O5/c1-9(8-14)6-10-4-5-13(7-10,11(15)17-2)12(16)18-3/h4,6,14H,5,7-8H2,1-3H3/b9-6-. The second-order valence-electron chi connectivity index (χ2n) is 4.37. The lowest BCUT2D eigenvalue weighted by atomic mass is 9.84. The van der Waals surface area contributed by atoms with Crippen molar-refractivity contribution in [1.82, 2.24) is 0 Å². The molecular formula is C13H18O5. The number of esters is 2. The van der Waals surface area contributed by atoms with Crippen molar-refractivity contribution in [3.8, 4) is 0 Å². The molecule has 1 aliphatic carbocycles. The molecule has 0 unspecified atom stereocenters. The second kappa shape index (κ2) is 5.82. The fourth-order valence-electron chi connectivity index (χ4n) is 2.06. The van der Waals surface area contributed by atoms with E-state index >= 15 is 0 Å². The summed E-state index contributed by atoms with van der Waals surface area (Å²) in [7, 11) is 2.50. The Balaban J connectivity index is 2.95. The third-order valence-corrected chi connectivity index (χ3v) is 3.05. The highest BCUT2D eigenvalue weighted by atomic mass is 16.5. The molecule has 1 N–H and O–H groups in total. The number of hydrogen-bond donors (Lipinski definition) is 1. The molecule has 0 fully saturated rings. The van der Waals surface area contributed by atoms with Crippen LogP contribution in [0.3, 0.4) is 0 Å². The minimum atomic E-state index is -1.27. The topological polar surface area (TPSA) is 72.8 Å². The van der Waals surface area contributed by atoms with Gasteiger partial charge in [-0.2, -0.15) is 0 Å². The zero-order valence-corrected chi connectivity index (χ0v) is 10.9. The molecular weight excluding hydrogens is 236 g/mol. The Kier molecular flexibility index (Phi) is 4.67. The first-order valence-corrected chi connectivity index (χ1v) is 5.64. The zero-order chi connectivity index (χ0) is 13.8. The fraction of sp³-hybridized carbons (Fsp3) is 0.538. The van der Waals surface area contributed by atoms with Crippen LogP contribution in [0.4, 0.5) is 0 Å². The van der Waals surface area contributed by atoms with E-state index in [1.165, 1.54) is 14.2 Å². The summed E-state index contributed by atoms with van der Waals surface area (Å²) in [4.78, 5) is 23.6. The van der Waals surface area contributed by atoms with E-state index in [2.05, 4.69) is 0 Å². The van der Waals surface area contributed by atoms with Gasteiger partial charge in [0, 0.05) is 0 Å². The van der Waals surface area contributed by atoms with Gasteiger partial charge in [0.1, 0.15) is 0 Å². The first-order valence-electron chi connectivity index (χ1n) is 5.64. The highest BCUT2D eigenvalue weighted by Crippen LogP contribution is 2.40. The molecule has 1 aliphatic rings. The van der Waals surface area contributed by atoms with Crippen LogP contribution < -0.4 is 0 Å². The largest absolute Gasteiger partial charge is 0.468 e. The van der Waals surface area contributed by atoms with Gasteiger partial charge < -0.3 is 14.6 Å². The number of rotatable bonds is 4. The van der Waals surface area contributed by atoms with E-state index in [-0.39, 0.29) is 19.4 Å². The number of carbonyl (C=O) groups is 2. The summed E-state index contributed by atoms with van der Waals surface area (Å²) in [5, 5.41) is 8.96. The van der Waals surface area contributed by atoms with Crippen LogP contribution in [0.25, 0.3) is 0 Å². The molecule has 100 valence electrons. The van der Waals surface area contributed by atoms with Crippen molar-refractivity contribution in [2.45, 2.75) is 19.8 Å². The third-order valence-electron chi connectivity index (χ3n) is 3.05. The summed E-state index contributed by atoms with van der Waals surface area (Å²) in [6.07, 6.45) is 4.07. The molecule has 0 aromatic heterocycles. The maximum absolute atomic E-state index is 11.8. The maximum Gasteiger partial charge on any atom is 0.323 e. The molecule has 0 spiro atoms. The van der Waals surface area contributed by atoms with E-state index in [9.17, 15) is 9.59 Å². The maximum atomic E-state index is 11.8. The molecule has 0 saturated carbocycles. The van der Waals surface area contributed by atoms with Crippen LogP contribution in [-0.4, -0.2) is 37.9 Å². The van der Waals surface area contributed by atoms with Gasteiger partial charge in [0.15, 0.2) is 5.41 Å². The minimum Gasteiger partial charge on any atom is -0.468 e. The molecule has 0 aromatic carbocycles. The molecule has 5 nitrogen and oxygen atoms in total. The Labute approximate surface area is 106 Å². The first kappa shape index (κ1) is 14.4. The number of aliphatic hydroxyl groups is 1. The van der Waals surface area contributed by atoms with Crippen molar-refractivity contribution in [2.24, 2.45) is 5.41 Å². The molecule has 0 atom stereocenters. The molecule has 5 heteroatoms. The van der Waals surface area contributed by atoms with E-state index < -0.39 is 17.4 Å². The van der Waals surface area contributed by atoms with Crippen LogP contribution in [0.1, 0.15) is 19.8 Å². The predicted octanol–water partition coefficient (Wildman–Crippen LogP) is 0.978. The number of hydrogen-bond acceptors (Lipinski definition) is 5. The zero-order valence-electron chi connectivity index (χ0n) is 10.9. The SMILES string of the molecule is COC(=O)C1(C(=O)OC)CC=C(/C=C(/C)CO)C1. The molecule has 18 heavy (non-hydrogen) atoms. The van der Waals surface area contributed by atoms with E-state index in [0.717, 1.165) is 11.1 Å². The van der Waals surface area contributed by atoms with Crippen molar-refractivity contribution >= 4 is 11.9 Å². The average Bonchev–Trinajstić information content (AvgIpc) is 2.81. The lowest BCUT2D eigenvalue weighted by Crippen LogP contribution is -2.39. The van der Waals surface area contributed by atoms with Crippen LogP contribution in [0.2, 0.25) is 0 Å². The fourth-order valence-corrected chi connectivity index (χ4v) is 2.06. The molecule has 0 heterocycles. The van der Waals surface area contributed by atoms with E-state index in [1.807, 2.05) is 0 Å². The van der Waals surface area contributed by atoms with Gasteiger partial charge in [-0.15, -0.1) is 0 Å². The van der Waals surface area contributed by atoms with E-state index in [1.54, 1.807) is 19.1 Å². The van der Waals surface area contributed by atoms with Crippen molar-refractivity contribution < 1.29 is 24.2 Å². The van der Waals surface area contributed by atoms with Crippen molar-refractivity contribution in [3.63, 3.8) is 0 Å². The van der Waals surface area contributed by atoms with Crippen LogP contribution in [-0.2, 0) is 19.1 Å². The Morgan fingerprint density at radius 3 is 2.39 bits per heavy atom. The summed E-state index contributed by atoms with van der Waals surface area (Å²) in [5.74, 6) is -1.17. The molecule has 0 aliphatic heterocycles. The molecule has 0 saturated heterocycles. The van der Waals surface area contributed by atoms with Gasteiger partial charge >= 0.3 is 11.9 Å². The van der Waals surface area contributed by atoms with Crippen molar-refractivity contribution in [3.05, 3.63) is 23.3 Å². The molecule has 0 aromatic rings. The Bertz CT molecular complexity index is 390. The van der Waals surface area contributed by atoms with Crippen LogP contribution in [0.15, 0.2) is 23.3 Å². The number of aliphatic hydroxyl groups excluding tert-OH is 1. The number of allylic oxidation sites excluding steroid dienone is 3. The van der Waals surface area contributed by atoms with Gasteiger partial charge in [-0.25, -0.2) is 0 Å². The van der Waals surface area contributed by atoms with Gasteiger partial charge in [-0.05, 0) is 25.3 Å². The predicted molar refractivity (Wildman–Crippen MR) is 64.6 cm³/mol.